The fourth-order valence-corrected chi connectivity index (χ4v) is 3.30. The molecule has 0 aliphatic carbocycles. The number of benzene rings is 1. The average molecular weight is 292 g/mol. The van der Waals surface area contributed by atoms with Gasteiger partial charge in [-0.2, -0.15) is 0 Å². The zero-order valence-corrected chi connectivity index (χ0v) is 13.3. The van der Waals surface area contributed by atoms with Gasteiger partial charge in [-0.3, -0.25) is 4.79 Å². The van der Waals surface area contributed by atoms with Crippen LogP contribution in [-0.2, 0) is 4.79 Å². The summed E-state index contributed by atoms with van der Waals surface area (Å²) in [6.07, 6.45) is 2.10. The molecule has 1 saturated heterocycles. The molecule has 1 fully saturated rings. The normalized spacial score (nSPS) is 19.9. The van der Waals surface area contributed by atoms with Gasteiger partial charge >= 0.3 is 0 Å². The van der Waals surface area contributed by atoms with Gasteiger partial charge in [0.2, 0.25) is 5.91 Å². The molecule has 1 aliphatic rings. The summed E-state index contributed by atoms with van der Waals surface area (Å²) in [4.78, 5) is 13.4. The molecular weight excluding hydrogens is 268 g/mol. The molecule has 2 rings (SSSR count). The molecule has 0 bridgehead atoms. The van der Waals surface area contributed by atoms with E-state index in [4.69, 9.17) is 0 Å². The Bertz CT molecular complexity index is 470. The number of thioether (sulfide) groups is 1. The van der Waals surface area contributed by atoms with Gasteiger partial charge in [-0.25, -0.2) is 0 Å². The first kappa shape index (κ1) is 15.4. The van der Waals surface area contributed by atoms with Gasteiger partial charge in [0, 0.05) is 22.4 Å². The number of hydrogen-bond acceptors (Lipinski definition) is 3. The molecule has 1 aromatic carbocycles. The molecule has 20 heavy (non-hydrogen) atoms. The Balaban J connectivity index is 2.00. The Morgan fingerprint density at radius 3 is 2.95 bits per heavy atom. The topological polar surface area (TPSA) is 41.1 Å². The maximum atomic E-state index is 12.1. The third-order valence-electron chi connectivity index (χ3n) is 3.80. The van der Waals surface area contributed by atoms with E-state index in [1.54, 1.807) is 0 Å². The monoisotopic (exact) mass is 292 g/mol. The van der Waals surface area contributed by atoms with Gasteiger partial charge < -0.3 is 10.6 Å². The van der Waals surface area contributed by atoms with Crippen LogP contribution in [0.4, 0.5) is 5.69 Å². The molecule has 0 aromatic heterocycles. The molecule has 2 N–H and O–H groups in total. The second-order valence-corrected chi connectivity index (χ2v) is 7.00. The van der Waals surface area contributed by atoms with E-state index >= 15 is 0 Å². The van der Waals surface area contributed by atoms with Crippen LogP contribution in [0.2, 0.25) is 0 Å². The van der Waals surface area contributed by atoms with Gasteiger partial charge in [0.1, 0.15) is 0 Å². The summed E-state index contributed by atoms with van der Waals surface area (Å²) in [6.45, 7) is 8.25. The molecule has 2 unspecified atom stereocenters. The van der Waals surface area contributed by atoms with E-state index < -0.39 is 0 Å². The fourth-order valence-electron chi connectivity index (χ4n) is 2.28. The van der Waals surface area contributed by atoms with Crippen LogP contribution in [0, 0.1) is 12.8 Å². The number of amides is 1. The molecule has 1 aromatic rings. The first-order valence-corrected chi connectivity index (χ1v) is 8.27. The van der Waals surface area contributed by atoms with Gasteiger partial charge in [0.25, 0.3) is 0 Å². The standard InChI is InChI=1S/C16H24N2OS/c1-4-12(3)20-14-5-6-15(11(2)9-14)18-16(19)13-7-8-17-10-13/h5-6,9,12-13,17H,4,7-8,10H2,1-3H3,(H,18,19). The number of hydrogen-bond donors (Lipinski definition) is 2. The number of carbonyl (C=O) groups excluding carboxylic acids is 1. The van der Waals surface area contributed by atoms with Crippen molar-refractivity contribution in [3.8, 4) is 0 Å². The van der Waals surface area contributed by atoms with Gasteiger partial charge in [-0.15, -0.1) is 11.8 Å². The molecule has 0 spiro atoms. The van der Waals surface area contributed by atoms with Crippen LogP contribution < -0.4 is 10.6 Å². The smallest absolute Gasteiger partial charge is 0.228 e. The van der Waals surface area contributed by atoms with E-state index in [9.17, 15) is 4.79 Å². The van der Waals surface area contributed by atoms with E-state index in [1.807, 2.05) is 17.8 Å². The maximum Gasteiger partial charge on any atom is 0.228 e. The highest BCUT2D eigenvalue weighted by molar-refractivity contribution is 7.99. The molecular formula is C16H24N2OS. The predicted octanol–water partition coefficient (Wildman–Crippen LogP) is 3.43. The van der Waals surface area contributed by atoms with Crippen LogP contribution in [0.1, 0.15) is 32.3 Å². The third kappa shape index (κ3) is 4.00. The molecule has 3 nitrogen and oxygen atoms in total. The van der Waals surface area contributed by atoms with Crippen LogP contribution in [0.3, 0.4) is 0 Å². The molecule has 110 valence electrons. The van der Waals surface area contributed by atoms with Crippen molar-refractivity contribution in [2.45, 2.75) is 43.8 Å². The van der Waals surface area contributed by atoms with Gasteiger partial charge in [-0.1, -0.05) is 13.8 Å². The first-order valence-electron chi connectivity index (χ1n) is 7.39. The Morgan fingerprint density at radius 1 is 1.55 bits per heavy atom. The van der Waals surface area contributed by atoms with Crippen LogP contribution in [-0.4, -0.2) is 24.2 Å². The summed E-state index contributed by atoms with van der Waals surface area (Å²) in [5, 5.41) is 6.91. The van der Waals surface area contributed by atoms with E-state index in [-0.39, 0.29) is 11.8 Å². The van der Waals surface area contributed by atoms with Crippen LogP contribution in [0.15, 0.2) is 23.1 Å². The highest BCUT2D eigenvalue weighted by atomic mass is 32.2. The van der Waals surface area contributed by atoms with Crippen LogP contribution >= 0.6 is 11.8 Å². The number of aryl methyl sites for hydroxylation is 1. The molecule has 0 radical (unpaired) electrons. The lowest BCUT2D eigenvalue weighted by Gasteiger charge is -2.14. The van der Waals surface area contributed by atoms with E-state index in [1.165, 1.54) is 4.90 Å². The predicted molar refractivity (Wildman–Crippen MR) is 86.4 cm³/mol. The van der Waals surface area contributed by atoms with E-state index in [2.05, 4.69) is 43.5 Å². The van der Waals surface area contributed by atoms with Crippen molar-refractivity contribution in [2.24, 2.45) is 5.92 Å². The highest BCUT2D eigenvalue weighted by Crippen LogP contribution is 2.28. The Labute approximate surface area is 125 Å². The zero-order valence-electron chi connectivity index (χ0n) is 12.5. The number of rotatable bonds is 5. The van der Waals surface area contributed by atoms with Crippen molar-refractivity contribution in [1.29, 1.82) is 0 Å². The lowest BCUT2D eigenvalue weighted by molar-refractivity contribution is -0.119. The van der Waals surface area contributed by atoms with Crippen molar-refractivity contribution < 1.29 is 4.79 Å². The van der Waals surface area contributed by atoms with Gasteiger partial charge in [0.05, 0.1) is 5.92 Å². The van der Waals surface area contributed by atoms with Gasteiger partial charge in [0.15, 0.2) is 0 Å². The Morgan fingerprint density at radius 2 is 2.35 bits per heavy atom. The molecule has 4 heteroatoms. The lowest BCUT2D eigenvalue weighted by Crippen LogP contribution is -2.24. The second kappa shape index (κ2) is 7.14. The minimum Gasteiger partial charge on any atom is -0.326 e. The quantitative estimate of drug-likeness (QED) is 0.817. The summed E-state index contributed by atoms with van der Waals surface area (Å²) in [7, 11) is 0. The second-order valence-electron chi connectivity index (χ2n) is 5.49. The minimum absolute atomic E-state index is 0.114. The number of nitrogens with one attached hydrogen (secondary N) is 2. The third-order valence-corrected chi connectivity index (χ3v) is 5.06. The highest BCUT2D eigenvalue weighted by Gasteiger charge is 2.22. The maximum absolute atomic E-state index is 12.1. The number of carbonyl (C=O) groups is 1. The molecule has 2 atom stereocenters. The summed E-state index contributed by atoms with van der Waals surface area (Å²) in [5.74, 6) is 0.254. The summed E-state index contributed by atoms with van der Waals surface area (Å²) in [5.41, 5.74) is 2.08. The van der Waals surface area contributed by atoms with Crippen molar-refractivity contribution in [3.63, 3.8) is 0 Å². The molecule has 1 aliphatic heterocycles. The van der Waals surface area contributed by atoms with Crippen molar-refractivity contribution in [2.75, 3.05) is 18.4 Å². The van der Waals surface area contributed by atoms with Crippen LogP contribution in [0.25, 0.3) is 0 Å². The zero-order chi connectivity index (χ0) is 14.5. The number of anilines is 1. The van der Waals surface area contributed by atoms with E-state index in [0.717, 1.165) is 37.2 Å². The average Bonchev–Trinajstić information content (AvgIpc) is 2.95. The minimum atomic E-state index is 0.114. The summed E-state index contributed by atoms with van der Waals surface area (Å²) >= 11 is 1.89. The first-order chi connectivity index (χ1) is 9.60. The van der Waals surface area contributed by atoms with Crippen molar-refractivity contribution in [3.05, 3.63) is 23.8 Å². The largest absolute Gasteiger partial charge is 0.326 e. The van der Waals surface area contributed by atoms with Crippen molar-refractivity contribution >= 4 is 23.4 Å². The summed E-state index contributed by atoms with van der Waals surface area (Å²) < 4.78 is 0. The van der Waals surface area contributed by atoms with E-state index in [0.29, 0.717) is 5.25 Å². The molecule has 0 saturated carbocycles. The Kier molecular flexibility index (Phi) is 5.49. The SMILES string of the molecule is CCC(C)Sc1ccc(NC(=O)C2CCNC2)c(C)c1. The Hall–Kier alpha value is -1.00. The lowest BCUT2D eigenvalue weighted by atomic mass is 10.1. The van der Waals surface area contributed by atoms with Crippen LogP contribution in [0.5, 0.6) is 0 Å². The molecule has 1 amide bonds. The molecule has 1 heterocycles. The van der Waals surface area contributed by atoms with Gasteiger partial charge in [-0.05, 0) is 50.1 Å². The fraction of sp³-hybridized carbons (Fsp3) is 0.562. The summed E-state index contributed by atoms with van der Waals surface area (Å²) in [6, 6.07) is 6.30. The van der Waals surface area contributed by atoms with Crippen molar-refractivity contribution in [1.82, 2.24) is 5.32 Å².